The minimum absolute atomic E-state index is 0.721. The Balaban J connectivity index is 1.94. The van der Waals surface area contributed by atoms with Gasteiger partial charge in [-0.05, 0) is 31.8 Å². The zero-order chi connectivity index (χ0) is 7.84. The van der Waals surface area contributed by atoms with E-state index < -0.39 is 0 Å². The minimum Gasteiger partial charge on any atom is -0.316 e. The molecule has 0 spiro atoms. The van der Waals surface area contributed by atoms with E-state index in [0.717, 1.165) is 15.9 Å². The molecule has 0 aromatic carbocycles. The maximum Gasteiger partial charge on any atom is 0.0590 e. The topological polar surface area (TPSA) is 15.3 Å². The van der Waals surface area contributed by atoms with Crippen molar-refractivity contribution in [3.8, 4) is 0 Å². The van der Waals surface area contributed by atoms with Gasteiger partial charge in [0.1, 0.15) is 0 Å². The fourth-order valence-corrected chi connectivity index (χ4v) is 2.64. The lowest BCUT2D eigenvalue weighted by molar-refractivity contribution is 0.317. The summed E-state index contributed by atoms with van der Waals surface area (Å²) in [6.45, 7) is 7.44. The highest BCUT2D eigenvalue weighted by molar-refractivity contribution is 14.1. The maximum absolute atomic E-state index is 3.45. The van der Waals surface area contributed by atoms with Gasteiger partial charge < -0.3 is 5.32 Å². The van der Waals surface area contributed by atoms with Crippen LogP contribution in [0.25, 0.3) is 0 Å². The summed E-state index contributed by atoms with van der Waals surface area (Å²) in [7, 11) is 0. The third-order valence-corrected chi connectivity index (χ3v) is 3.71. The number of alkyl halides is 1. The van der Waals surface area contributed by atoms with E-state index in [0.29, 0.717) is 0 Å². The molecule has 2 saturated heterocycles. The van der Waals surface area contributed by atoms with E-state index in [4.69, 9.17) is 0 Å². The summed E-state index contributed by atoms with van der Waals surface area (Å²) in [5.74, 6) is 1.90. The van der Waals surface area contributed by atoms with E-state index in [9.17, 15) is 0 Å². The molecule has 64 valence electrons. The maximum atomic E-state index is 3.45. The Bertz CT molecular complexity index is 137. The van der Waals surface area contributed by atoms with Gasteiger partial charge in [0.15, 0.2) is 0 Å². The molecular weight excluding hydrogens is 251 g/mol. The van der Waals surface area contributed by atoms with Gasteiger partial charge in [0, 0.05) is 13.1 Å². The third-order valence-electron chi connectivity index (χ3n) is 2.92. The molecule has 2 rings (SSSR count). The highest BCUT2D eigenvalue weighted by Gasteiger charge is 2.36. The quantitative estimate of drug-likeness (QED) is 0.431. The first-order valence-electron chi connectivity index (χ1n) is 4.36. The van der Waals surface area contributed by atoms with Crippen molar-refractivity contribution in [1.29, 1.82) is 0 Å². The number of nitrogens with zero attached hydrogens (tertiary/aromatic N) is 1. The number of fused-ring (bicyclic) bond motifs is 1. The predicted molar refractivity (Wildman–Crippen MR) is 54.9 cm³/mol. The lowest BCUT2D eigenvalue weighted by Gasteiger charge is -2.19. The molecule has 3 heteroatoms. The van der Waals surface area contributed by atoms with Crippen molar-refractivity contribution in [3.63, 3.8) is 0 Å². The largest absolute Gasteiger partial charge is 0.316 e. The summed E-state index contributed by atoms with van der Waals surface area (Å²) in [4.78, 5) is 2.59. The van der Waals surface area contributed by atoms with Crippen LogP contribution in [0.3, 0.4) is 0 Å². The van der Waals surface area contributed by atoms with Crippen molar-refractivity contribution in [2.75, 3.05) is 26.2 Å². The van der Waals surface area contributed by atoms with E-state index in [1.165, 1.54) is 26.2 Å². The smallest absolute Gasteiger partial charge is 0.0590 e. The van der Waals surface area contributed by atoms with Crippen LogP contribution in [0.5, 0.6) is 0 Å². The van der Waals surface area contributed by atoms with Crippen LogP contribution >= 0.6 is 22.6 Å². The Morgan fingerprint density at radius 3 is 2.36 bits per heavy atom. The first-order valence-corrected chi connectivity index (χ1v) is 5.61. The van der Waals surface area contributed by atoms with Crippen LogP contribution < -0.4 is 5.32 Å². The van der Waals surface area contributed by atoms with E-state index in [1.807, 2.05) is 0 Å². The SMILES string of the molecule is CC(I)N1C[C@H]2CNC[C@H]2C1. The first kappa shape index (κ1) is 8.26. The molecule has 0 amide bonds. The molecule has 1 N–H and O–H groups in total. The lowest BCUT2D eigenvalue weighted by Crippen LogP contribution is -2.29. The van der Waals surface area contributed by atoms with Crippen LogP contribution in [0, 0.1) is 11.8 Å². The van der Waals surface area contributed by atoms with Crippen LogP contribution in [0.2, 0.25) is 0 Å². The van der Waals surface area contributed by atoms with Gasteiger partial charge in [-0.15, -0.1) is 0 Å². The Kier molecular flexibility index (Phi) is 2.39. The minimum atomic E-state index is 0.721. The van der Waals surface area contributed by atoms with Gasteiger partial charge in [0.25, 0.3) is 0 Å². The molecular formula is C8H15IN2. The highest BCUT2D eigenvalue weighted by Crippen LogP contribution is 2.28. The molecule has 2 nitrogen and oxygen atoms in total. The summed E-state index contributed by atoms with van der Waals surface area (Å²) in [5, 5.41) is 3.45. The summed E-state index contributed by atoms with van der Waals surface area (Å²) < 4.78 is 0.721. The molecule has 3 atom stereocenters. The van der Waals surface area contributed by atoms with E-state index in [-0.39, 0.29) is 0 Å². The molecule has 0 aromatic rings. The summed E-state index contributed by atoms with van der Waals surface area (Å²) in [6.07, 6.45) is 0. The molecule has 2 aliphatic rings. The van der Waals surface area contributed by atoms with Crippen LogP contribution in [-0.4, -0.2) is 35.1 Å². The Morgan fingerprint density at radius 1 is 1.36 bits per heavy atom. The van der Waals surface area contributed by atoms with Gasteiger partial charge in [-0.2, -0.15) is 0 Å². The van der Waals surface area contributed by atoms with Crippen molar-refractivity contribution < 1.29 is 0 Å². The summed E-state index contributed by atoms with van der Waals surface area (Å²) in [5.41, 5.74) is 0. The molecule has 0 radical (unpaired) electrons. The number of hydrogen-bond donors (Lipinski definition) is 1. The summed E-state index contributed by atoms with van der Waals surface area (Å²) >= 11 is 2.51. The van der Waals surface area contributed by atoms with Gasteiger partial charge in [-0.25, -0.2) is 0 Å². The molecule has 1 unspecified atom stereocenters. The Hall–Kier alpha value is 0.650. The second kappa shape index (κ2) is 3.18. The second-order valence-electron chi connectivity index (χ2n) is 3.71. The molecule has 0 aromatic heterocycles. The Labute approximate surface area is 81.9 Å². The lowest BCUT2D eigenvalue weighted by atomic mass is 10.0. The van der Waals surface area contributed by atoms with Gasteiger partial charge in [-0.3, -0.25) is 4.90 Å². The van der Waals surface area contributed by atoms with Crippen molar-refractivity contribution in [2.45, 2.75) is 11.0 Å². The second-order valence-corrected chi connectivity index (χ2v) is 5.51. The van der Waals surface area contributed by atoms with Crippen molar-refractivity contribution in [2.24, 2.45) is 11.8 Å². The van der Waals surface area contributed by atoms with E-state index in [2.05, 4.69) is 39.7 Å². The predicted octanol–water partition coefficient (Wildman–Crippen LogP) is 0.919. The third kappa shape index (κ3) is 1.55. The normalized spacial score (nSPS) is 40.9. The fourth-order valence-electron chi connectivity index (χ4n) is 2.18. The van der Waals surface area contributed by atoms with Crippen LogP contribution in [0.15, 0.2) is 0 Å². The molecule has 2 heterocycles. The van der Waals surface area contributed by atoms with Gasteiger partial charge >= 0.3 is 0 Å². The molecule has 2 fully saturated rings. The fraction of sp³-hybridized carbons (Fsp3) is 1.00. The molecule has 11 heavy (non-hydrogen) atoms. The molecule has 2 aliphatic heterocycles. The number of rotatable bonds is 1. The standard InChI is InChI=1S/C8H15IN2/c1-6(9)11-4-7-2-10-3-8(7)5-11/h6-8,10H,2-5H2,1H3/t6?,7-,8+. The number of likely N-dealkylation sites (tertiary alicyclic amines) is 1. The van der Waals surface area contributed by atoms with Crippen molar-refractivity contribution in [3.05, 3.63) is 0 Å². The average Bonchev–Trinajstić information content (AvgIpc) is 2.40. The molecule has 0 aliphatic carbocycles. The van der Waals surface area contributed by atoms with Crippen LogP contribution in [-0.2, 0) is 0 Å². The zero-order valence-electron chi connectivity index (χ0n) is 6.89. The monoisotopic (exact) mass is 266 g/mol. The van der Waals surface area contributed by atoms with Gasteiger partial charge in [0.05, 0.1) is 4.05 Å². The number of nitrogens with one attached hydrogen (secondary N) is 1. The highest BCUT2D eigenvalue weighted by atomic mass is 127. The van der Waals surface area contributed by atoms with E-state index >= 15 is 0 Å². The summed E-state index contributed by atoms with van der Waals surface area (Å²) in [6, 6.07) is 0. The van der Waals surface area contributed by atoms with Crippen molar-refractivity contribution in [1.82, 2.24) is 10.2 Å². The number of halogens is 1. The average molecular weight is 266 g/mol. The number of hydrogen-bond acceptors (Lipinski definition) is 2. The Morgan fingerprint density at radius 2 is 1.91 bits per heavy atom. The van der Waals surface area contributed by atoms with Crippen LogP contribution in [0.4, 0.5) is 0 Å². The zero-order valence-corrected chi connectivity index (χ0v) is 9.04. The van der Waals surface area contributed by atoms with Crippen molar-refractivity contribution >= 4 is 22.6 Å². The van der Waals surface area contributed by atoms with Gasteiger partial charge in [0.2, 0.25) is 0 Å². The van der Waals surface area contributed by atoms with Crippen LogP contribution in [0.1, 0.15) is 6.92 Å². The molecule has 0 bridgehead atoms. The van der Waals surface area contributed by atoms with E-state index in [1.54, 1.807) is 0 Å². The molecule has 0 saturated carbocycles. The van der Waals surface area contributed by atoms with Gasteiger partial charge in [-0.1, -0.05) is 22.6 Å². The first-order chi connectivity index (χ1) is 5.27.